The highest BCUT2D eigenvalue weighted by Gasteiger charge is 2.21. The van der Waals surface area contributed by atoms with Crippen molar-refractivity contribution in [2.75, 3.05) is 38.5 Å². The molecule has 2 aromatic carbocycles. The van der Waals surface area contributed by atoms with Crippen LogP contribution in [0.15, 0.2) is 45.8 Å². The van der Waals surface area contributed by atoms with Crippen molar-refractivity contribution in [2.24, 2.45) is 0 Å². The lowest BCUT2D eigenvalue weighted by Crippen LogP contribution is -2.44. The SMILES string of the molecule is CC.CC.Cc1ccc(CCN2CCN(Sc3cc(Br)c(N)c([N+](=O)[O-])c3)CC2)cc1. The lowest BCUT2D eigenvalue weighted by molar-refractivity contribution is -0.384. The largest absolute Gasteiger partial charge is 0.392 e. The van der Waals surface area contributed by atoms with Gasteiger partial charge in [-0.05, 0) is 52.9 Å². The minimum atomic E-state index is -0.437. The van der Waals surface area contributed by atoms with E-state index in [2.05, 4.69) is 56.3 Å². The van der Waals surface area contributed by atoms with Crippen LogP contribution in [0.2, 0.25) is 0 Å². The fourth-order valence-electron chi connectivity index (χ4n) is 3.02. The molecule has 1 heterocycles. The Morgan fingerprint density at radius 3 is 2.19 bits per heavy atom. The number of anilines is 1. The number of nitrogen functional groups attached to an aromatic ring is 1. The maximum Gasteiger partial charge on any atom is 0.294 e. The molecule has 0 aliphatic carbocycles. The number of hydrogen-bond acceptors (Lipinski definition) is 6. The molecule has 1 aliphatic heterocycles. The molecule has 172 valence electrons. The van der Waals surface area contributed by atoms with Crippen molar-refractivity contribution in [3.63, 3.8) is 0 Å². The van der Waals surface area contributed by atoms with E-state index >= 15 is 0 Å². The molecule has 3 rings (SSSR count). The van der Waals surface area contributed by atoms with Crippen LogP contribution in [0.5, 0.6) is 0 Å². The number of hydrogen-bond donors (Lipinski definition) is 1. The minimum absolute atomic E-state index is 0.0522. The maximum atomic E-state index is 11.1. The van der Waals surface area contributed by atoms with E-state index in [9.17, 15) is 10.1 Å². The Hall–Kier alpha value is -1.61. The molecule has 31 heavy (non-hydrogen) atoms. The Morgan fingerprint density at radius 2 is 1.65 bits per heavy atom. The van der Waals surface area contributed by atoms with E-state index in [1.165, 1.54) is 11.1 Å². The molecule has 2 aromatic rings. The first kappa shape index (κ1) is 27.4. The van der Waals surface area contributed by atoms with Gasteiger partial charge in [-0.1, -0.05) is 57.5 Å². The monoisotopic (exact) mass is 510 g/mol. The molecule has 1 aliphatic rings. The highest BCUT2D eigenvalue weighted by atomic mass is 79.9. The van der Waals surface area contributed by atoms with E-state index in [1.807, 2.05) is 33.8 Å². The van der Waals surface area contributed by atoms with Gasteiger partial charge in [-0.15, -0.1) is 0 Å². The molecule has 8 heteroatoms. The first-order valence-corrected chi connectivity index (χ1v) is 12.4. The number of nitro groups is 1. The Bertz CT molecular complexity index is 810. The van der Waals surface area contributed by atoms with Crippen LogP contribution >= 0.6 is 27.9 Å². The molecule has 6 nitrogen and oxygen atoms in total. The molecule has 0 atom stereocenters. The zero-order valence-corrected chi connectivity index (χ0v) is 21.6. The number of piperazine rings is 1. The summed E-state index contributed by atoms with van der Waals surface area (Å²) >= 11 is 4.87. The van der Waals surface area contributed by atoms with Gasteiger partial charge in [0.25, 0.3) is 5.69 Å². The van der Waals surface area contributed by atoms with Crippen molar-refractivity contribution >= 4 is 39.3 Å². The lowest BCUT2D eigenvalue weighted by Gasteiger charge is -2.33. The van der Waals surface area contributed by atoms with E-state index in [1.54, 1.807) is 18.0 Å². The summed E-state index contributed by atoms with van der Waals surface area (Å²) in [6.45, 7) is 15.0. The second-order valence-corrected chi connectivity index (χ2v) is 8.72. The molecule has 1 saturated heterocycles. The van der Waals surface area contributed by atoms with Crippen molar-refractivity contribution in [2.45, 2.75) is 45.9 Å². The number of aryl methyl sites for hydroxylation is 1. The van der Waals surface area contributed by atoms with E-state index in [4.69, 9.17) is 5.73 Å². The van der Waals surface area contributed by atoms with E-state index in [0.717, 1.165) is 44.0 Å². The predicted molar refractivity (Wildman–Crippen MR) is 137 cm³/mol. The average Bonchev–Trinajstić information content (AvgIpc) is 2.79. The van der Waals surface area contributed by atoms with Crippen LogP contribution in [0.25, 0.3) is 0 Å². The Balaban J connectivity index is 0.00000113. The molecule has 0 saturated carbocycles. The number of nitrogens with two attached hydrogens (primary N) is 1. The number of nitro benzene ring substituents is 1. The summed E-state index contributed by atoms with van der Waals surface area (Å²) in [4.78, 5) is 14.0. The van der Waals surface area contributed by atoms with Crippen LogP contribution < -0.4 is 5.73 Å². The van der Waals surface area contributed by atoms with E-state index in [0.29, 0.717) is 4.47 Å². The smallest absolute Gasteiger partial charge is 0.294 e. The van der Waals surface area contributed by atoms with Crippen LogP contribution in [0.3, 0.4) is 0 Å². The van der Waals surface area contributed by atoms with Gasteiger partial charge in [-0.3, -0.25) is 10.1 Å². The summed E-state index contributed by atoms with van der Waals surface area (Å²) in [7, 11) is 0. The Morgan fingerprint density at radius 1 is 1.06 bits per heavy atom. The molecule has 0 bridgehead atoms. The van der Waals surface area contributed by atoms with Crippen molar-refractivity contribution in [1.82, 2.24) is 9.21 Å². The molecular weight excluding hydrogens is 476 g/mol. The van der Waals surface area contributed by atoms with Gasteiger partial charge in [0.15, 0.2) is 0 Å². The summed E-state index contributed by atoms with van der Waals surface area (Å²) in [5.74, 6) is 0. The molecule has 0 spiro atoms. The van der Waals surface area contributed by atoms with Gasteiger partial charge in [-0.25, -0.2) is 4.31 Å². The van der Waals surface area contributed by atoms with Gasteiger partial charge in [-0.2, -0.15) is 0 Å². The summed E-state index contributed by atoms with van der Waals surface area (Å²) < 4.78 is 2.82. The van der Waals surface area contributed by atoms with Crippen molar-refractivity contribution in [3.05, 3.63) is 62.1 Å². The highest BCUT2D eigenvalue weighted by molar-refractivity contribution is 9.10. The summed E-state index contributed by atoms with van der Waals surface area (Å²) in [6, 6.07) is 12.1. The molecule has 1 fully saturated rings. The van der Waals surface area contributed by atoms with Crippen LogP contribution in [-0.4, -0.2) is 46.9 Å². The number of benzene rings is 2. The van der Waals surface area contributed by atoms with Gasteiger partial charge in [0.1, 0.15) is 5.69 Å². The van der Waals surface area contributed by atoms with Crippen LogP contribution in [-0.2, 0) is 6.42 Å². The second kappa shape index (κ2) is 14.5. The van der Waals surface area contributed by atoms with Crippen molar-refractivity contribution in [1.29, 1.82) is 0 Å². The fourth-order valence-corrected chi connectivity index (χ4v) is 4.60. The molecule has 0 aromatic heterocycles. The quantitative estimate of drug-likeness (QED) is 0.216. The maximum absolute atomic E-state index is 11.1. The third kappa shape index (κ3) is 8.80. The minimum Gasteiger partial charge on any atom is -0.392 e. The zero-order chi connectivity index (χ0) is 23.4. The average molecular weight is 512 g/mol. The Kier molecular flexibility index (Phi) is 12.8. The lowest BCUT2D eigenvalue weighted by atomic mass is 10.1. The molecule has 0 radical (unpaired) electrons. The number of nitrogens with zero attached hydrogens (tertiary/aromatic N) is 3. The van der Waals surface area contributed by atoms with Crippen LogP contribution in [0.1, 0.15) is 38.8 Å². The van der Waals surface area contributed by atoms with Gasteiger partial charge in [0, 0.05) is 48.2 Å². The second-order valence-electron chi connectivity index (χ2n) is 6.69. The van der Waals surface area contributed by atoms with Gasteiger partial charge < -0.3 is 10.6 Å². The van der Waals surface area contributed by atoms with Gasteiger partial charge in [0.05, 0.1) is 4.92 Å². The Labute approximate surface area is 199 Å². The number of halogens is 1. The summed E-state index contributed by atoms with van der Waals surface area (Å²) in [6.07, 6.45) is 1.06. The van der Waals surface area contributed by atoms with Crippen LogP contribution in [0, 0.1) is 17.0 Å². The highest BCUT2D eigenvalue weighted by Crippen LogP contribution is 2.36. The first-order valence-electron chi connectivity index (χ1n) is 10.9. The molecule has 2 N–H and O–H groups in total. The third-order valence-electron chi connectivity index (χ3n) is 4.68. The molecular formula is C23H35BrN4O2S. The van der Waals surface area contributed by atoms with Gasteiger partial charge >= 0.3 is 0 Å². The summed E-state index contributed by atoms with van der Waals surface area (Å²) in [5.41, 5.74) is 8.56. The summed E-state index contributed by atoms with van der Waals surface area (Å²) in [5, 5.41) is 11.1. The standard InChI is InChI=1S/C19H23BrN4O2S.2C2H6/c1-14-2-4-15(5-3-14)6-7-22-8-10-23(11-9-22)27-16-12-17(20)19(21)18(13-16)24(25)26;2*1-2/h2-5,12-13H,6-11,21H2,1H3;2*1-2H3. The fraction of sp³-hybridized carbons (Fsp3) is 0.478. The van der Waals surface area contributed by atoms with Crippen LogP contribution in [0.4, 0.5) is 11.4 Å². The normalized spacial score (nSPS) is 14.1. The molecule has 0 unspecified atom stereocenters. The predicted octanol–water partition coefficient (Wildman–Crippen LogP) is 6.17. The van der Waals surface area contributed by atoms with E-state index in [-0.39, 0.29) is 11.4 Å². The zero-order valence-electron chi connectivity index (χ0n) is 19.2. The first-order chi connectivity index (χ1) is 14.9. The molecule has 0 amide bonds. The van der Waals surface area contributed by atoms with Gasteiger partial charge in [0.2, 0.25) is 0 Å². The van der Waals surface area contributed by atoms with E-state index < -0.39 is 4.92 Å². The third-order valence-corrected chi connectivity index (χ3v) is 6.41. The van der Waals surface area contributed by atoms with Crippen molar-refractivity contribution in [3.8, 4) is 0 Å². The number of rotatable bonds is 6. The van der Waals surface area contributed by atoms with Crippen molar-refractivity contribution < 1.29 is 4.92 Å². The topological polar surface area (TPSA) is 75.6 Å².